The zero-order valence-corrected chi connectivity index (χ0v) is 32.0. The van der Waals surface area contributed by atoms with Crippen LogP contribution in [0.15, 0.2) is 59.8 Å². The maximum atomic E-state index is 12.8. The number of aromatic hydroxyl groups is 2. The topological polar surface area (TPSA) is 341 Å². The third-order valence-corrected chi connectivity index (χ3v) is 10.4. The number of carbonyl (C=O) groups is 4. The molecule has 4 heterocycles. The molecular formula is C39H43N2O20+. The standard InChI is InChI=1S/C39H42N2O20/c1-56-26-10-17(2-4-24(26)44)3-5-29(46)61-39(15-43)16-57-38(33(39)49)60-32-31(48)30(47)28(14-42)59-37(32)58-27-12-19-11-23(36(54)55)41(22(19)13-25(27)45)7-6-18-8-20(34(50)51)40-21(9-18)35(52)53/h2-8,10,12-13,21,23,28,30-33,37-38,42-43,47-49H,9,11,14-16H2,1H3,(H5,44,45,46,50,51,52,53,54,55)/p+1. The zero-order valence-electron chi connectivity index (χ0n) is 32.0. The van der Waals surface area contributed by atoms with Crippen molar-refractivity contribution >= 4 is 41.9 Å². The van der Waals surface area contributed by atoms with Crippen molar-refractivity contribution in [1.29, 1.82) is 0 Å². The van der Waals surface area contributed by atoms with Gasteiger partial charge in [0.15, 0.2) is 47.2 Å². The van der Waals surface area contributed by atoms with Crippen LogP contribution in [0.1, 0.15) is 17.5 Å². The summed E-state index contributed by atoms with van der Waals surface area (Å²) in [6, 6.07) is 4.13. The van der Waals surface area contributed by atoms with E-state index in [0.29, 0.717) is 11.1 Å². The van der Waals surface area contributed by atoms with Gasteiger partial charge in [-0.05, 0) is 41.5 Å². The van der Waals surface area contributed by atoms with E-state index in [1.807, 2.05) is 0 Å². The van der Waals surface area contributed by atoms with Crippen LogP contribution in [0.3, 0.4) is 0 Å². The van der Waals surface area contributed by atoms with Gasteiger partial charge >= 0.3 is 23.9 Å². The molecule has 22 heteroatoms. The lowest BCUT2D eigenvalue weighted by molar-refractivity contribution is -0.456. The van der Waals surface area contributed by atoms with Crippen LogP contribution in [0.25, 0.3) is 6.08 Å². The fourth-order valence-electron chi connectivity index (χ4n) is 7.08. The van der Waals surface area contributed by atoms with Gasteiger partial charge in [0.2, 0.25) is 12.0 Å². The van der Waals surface area contributed by atoms with Gasteiger partial charge in [-0.25, -0.2) is 19.2 Å². The summed E-state index contributed by atoms with van der Waals surface area (Å²) < 4.78 is 34.7. The largest absolute Gasteiger partial charge is 0.504 e. The number of benzene rings is 2. The Morgan fingerprint density at radius 3 is 2.36 bits per heavy atom. The van der Waals surface area contributed by atoms with Gasteiger partial charge in [0, 0.05) is 24.1 Å². The van der Waals surface area contributed by atoms with Gasteiger partial charge in [-0.1, -0.05) is 6.07 Å². The molecule has 2 aromatic rings. The van der Waals surface area contributed by atoms with Crippen molar-refractivity contribution < 1.29 is 103 Å². The molecule has 0 amide bonds. The van der Waals surface area contributed by atoms with Crippen LogP contribution in [0.5, 0.6) is 23.0 Å². The normalized spacial score (nSPS) is 31.0. The third-order valence-electron chi connectivity index (χ3n) is 10.4. The Morgan fingerprint density at radius 1 is 0.951 bits per heavy atom. The van der Waals surface area contributed by atoms with Gasteiger partial charge in [0.05, 0.1) is 39.4 Å². The second kappa shape index (κ2) is 18.2. The number of hydrogen-bond donors (Lipinski definition) is 11. The third kappa shape index (κ3) is 9.30. The highest BCUT2D eigenvalue weighted by Gasteiger charge is 2.56. The number of ether oxygens (including phenoxy) is 6. The minimum atomic E-state index is -2.10. The lowest BCUT2D eigenvalue weighted by atomic mass is 9.98. The van der Waals surface area contributed by atoms with Crippen LogP contribution in [0.4, 0.5) is 5.69 Å². The summed E-state index contributed by atoms with van der Waals surface area (Å²) in [5, 5.41) is 106. The number of esters is 1. The van der Waals surface area contributed by atoms with Crippen LogP contribution in [0, 0.1) is 0 Å². The lowest BCUT2D eigenvalue weighted by Crippen LogP contribution is -2.62. The molecule has 4 aliphatic rings. The Balaban J connectivity index is 1.22. The molecule has 0 spiro atoms. The smallest absolute Gasteiger partial charge is 0.373 e. The molecule has 328 valence electrons. The summed E-state index contributed by atoms with van der Waals surface area (Å²) in [6.45, 7) is -2.41. The predicted molar refractivity (Wildman–Crippen MR) is 201 cm³/mol. The van der Waals surface area contributed by atoms with Crippen molar-refractivity contribution in [2.75, 3.05) is 26.9 Å². The highest BCUT2D eigenvalue weighted by molar-refractivity contribution is 5.90. The summed E-state index contributed by atoms with van der Waals surface area (Å²) in [4.78, 5) is 48.4. The average Bonchev–Trinajstić information content (AvgIpc) is 3.74. The Kier molecular flexibility index (Phi) is 13.3. The van der Waals surface area contributed by atoms with Crippen molar-refractivity contribution in [2.45, 2.75) is 73.6 Å². The van der Waals surface area contributed by atoms with Crippen LogP contribution < -0.4 is 14.8 Å². The predicted octanol–water partition coefficient (Wildman–Crippen LogP) is -1.92. The molecule has 6 rings (SSSR count). The van der Waals surface area contributed by atoms with Crippen LogP contribution in [-0.4, -0.2) is 173 Å². The molecule has 0 radical (unpaired) electrons. The summed E-state index contributed by atoms with van der Waals surface area (Å²) in [7, 11) is 1.34. The van der Waals surface area contributed by atoms with Crippen molar-refractivity contribution in [3.8, 4) is 23.0 Å². The van der Waals surface area contributed by atoms with Gasteiger partial charge in [0.25, 0.3) is 6.04 Å². The number of nitrogens with zero attached hydrogens (tertiary/aromatic N) is 1. The number of carbonyl (C=O) groups excluding carboxylic acids is 1. The Morgan fingerprint density at radius 2 is 1.70 bits per heavy atom. The Labute approximate surface area is 344 Å². The van der Waals surface area contributed by atoms with E-state index in [1.54, 1.807) is 0 Å². The number of aliphatic hydroxyl groups is 5. The zero-order chi connectivity index (χ0) is 44.3. The molecule has 22 nitrogen and oxygen atoms in total. The quantitative estimate of drug-likeness (QED) is 0.0560. The van der Waals surface area contributed by atoms with E-state index in [0.717, 1.165) is 12.1 Å². The molecular weight excluding hydrogens is 816 g/mol. The molecule has 2 aromatic carbocycles. The van der Waals surface area contributed by atoms with Gasteiger partial charge in [0.1, 0.15) is 36.2 Å². The molecule has 2 fully saturated rings. The molecule has 0 bridgehead atoms. The van der Waals surface area contributed by atoms with Gasteiger partial charge in [-0.3, -0.25) is 0 Å². The van der Waals surface area contributed by atoms with Crippen molar-refractivity contribution in [3.05, 3.63) is 71.0 Å². The number of allylic oxidation sites excluding steroid dienone is 2. The van der Waals surface area contributed by atoms with Crippen molar-refractivity contribution in [3.63, 3.8) is 0 Å². The maximum absolute atomic E-state index is 12.8. The van der Waals surface area contributed by atoms with Crippen molar-refractivity contribution in [2.24, 2.45) is 0 Å². The minimum absolute atomic E-state index is 0.131. The van der Waals surface area contributed by atoms with Crippen LogP contribution in [-0.2, 0) is 44.5 Å². The highest BCUT2D eigenvalue weighted by Crippen LogP contribution is 2.41. The van der Waals surface area contributed by atoms with E-state index < -0.39 is 110 Å². The first kappa shape index (κ1) is 44.4. The first-order valence-electron chi connectivity index (χ1n) is 18.5. The number of carboxylic acids is 3. The molecule has 11 N–H and O–H groups in total. The van der Waals surface area contributed by atoms with Gasteiger partial charge in [-0.15, -0.1) is 0 Å². The fraction of sp³-hybridized carbons (Fsp3) is 0.410. The number of methoxy groups -OCH3 is 1. The second-order valence-electron chi connectivity index (χ2n) is 14.4. The summed E-state index contributed by atoms with van der Waals surface area (Å²) in [5.74, 6) is -5.98. The number of fused-ring (bicyclic) bond motifs is 1. The van der Waals surface area contributed by atoms with Gasteiger partial charge in [-0.2, -0.15) is 4.58 Å². The molecule has 4 aliphatic heterocycles. The molecule has 0 aliphatic carbocycles. The molecule has 10 unspecified atom stereocenters. The number of hydrogen-bond acceptors (Lipinski definition) is 18. The van der Waals surface area contributed by atoms with Crippen molar-refractivity contribution in [1.82, 2.24) is 5.32 Å². The number of aliphatic hydroxyl groups excluding tert-OH is 5. The van der Waals surface area contributed by atoms with E-state index in [4.69, 9.17) is 28.4 Å². The van der Waals surface area contributed by atoms with E-state index >= 15 is 0 Å². The first-order chi connectivity index (χ1) is 29.0. The van der Waals surface area contributed by atoms with E-state index in [9.17, 15) is 70.2 Å². The molecule has 10 atom stereocenters. The fourth-order valence-corrected chi connectivity index (χ4v) is 7.08. The Bertz CT molecular complexity index is 2170. The molecule has 61 heavy (non-hydrogen) atoms. The lowest BCUT2D eigenvalue weighted by Gasteiger charge is -2.42. The van der Waals surface area contributed by atoms with E-state index in [-0.39, 0.29) is 47.0 Å². The van der Waals surface area contributed by atoms with Gasteiger partial charge < -0.3 is 84.8 Å². The summed E-state index contributed by atoms with van der Waals surface area (Å²) in [6.07, 6.45) is -6.57. The summed E-state index contributed by atoms with van der Waals surface area (Å²) in [5.41, 5.74) is -1.32. The number of aliphatic carboxylic acids is 3. The SMILES string of the molecule is COc1cc(/C=C/C(=O)OC2(CO)COC(OC3C(Oc4cc5c(cc4O)[N+](=C/C=C4/C=C(C(=O)O)NC(C(=O)O)C4)C(C(=O)O)C5)OC(CO)C(O)C3O)C2O)ccc1O. The maximum Gasteiger partial charge on any atom is 0.373 e. The van der Waals surface area contributed by atoms with E-state index in [2.05, 4.69) is 5.32 Å². The average molecular weight is 860 g/mol. The molecule has 0 saturated carbocycles. The van der Waals surface area contributed by atoms with E-state index in [1.165, 1.54) is 60.4 Å². The minimum Gasteiger partial charge on any atom is -0.504 e. The van der Waals surface area contributed by atoms with Crippen LogP contribution in [0.2, 0.25) is 0 Å². The second-order valence-corrected chi connectivity index (χ2v) is 14.4. The number of rotatable bonds is 14. The number of phenolic OH excluding ortho intramolecular Hbond substituents is 2. The monoisotopic (exact) mass is 859 g/mol. The highest BCUT2D eigenvalue weighted by atomic mass is 16.8. The number of nitrogens with one attached hydrogen (secondary N) is 1. The summed E-state index contributed by atoms with van der Waals surface area (Å²) >= 11 is 0. The Hall–Kier alpha value is -6.11. The molecule has 2 saturated heterocycles. The van der Waals surface area contributed by atoms with Crippen LogP contribution >= 0.6 is 0 Å². The molecule has 0 aromatic heterocycles. The first-order valence-corrected chi connectivity index (χ1v) is 18.5. The number of carboxylic acid groups (broad SMARTS) is 3. The number of phenols is 2.